The van der Waals surface area contributed by atoms with Crippen molar-refractivity contribution in [2.45, 2.75) is 33.6 Å². The van der Waals surface area contributed by atoms with Crippen molar-refractivity contribution in [1.29, 1.82) is 0 Å². The molecule has 0 radical (unpaired) electrons. The van der Waals surface area contributed by atoms with Crippen LogP contribution in [0.5, 0.6) is 0 Å². The fourth-order valence-corrected chi connectivity index (χ4v) is 0.503. The number of hydrogen-bond acceptors (Lipinski definition) is 2. The average molecular weight is 156 g/mol. The number of hydrogen-bond donors (Lipinski definition) is 1. The van der Waals surface area contributed by atoms with E-state index in [-0.39, 0.29) is 0 Å². The van der Waals surface area contributed by atoms with Crippen LogP contribution in [0.25, 0.3) is 0 Å². The van der Waals surface area contributed by atoms with Crippen molar-refractivity contribution in [2.24, 2.45) is 10.9 Å². The zero-order valence-corrected chi connectivity index (χ0v) is 7.42. The normalized spacial score (nSPS) is 13.4. The third-order valence-corrected chi connectivity index (χ3v) is 1.31. The van der Waals surface area contributed by atoms with Crippen molar-refractivity contribution >= 4 is 5.84 Å². The summed E-state index contributed by atoms with van der Waals surface area (Å²) in [4.78, 5) is 5.02. The Balaban J connectivity index is 3.85. The first-order valence-electron chi connectivity index (χ1n) is 3.89. The molecule has 0 aliphatic heterocycles. The number of oxime groups is 1. The van der Waals surface area contributed by atoms with Crippen LogP contribution in [0, 0.1) is 0 Å². The highest BCUT2D eigenvalue weighted by atomic mass is 16.6. The molecule has 0 aromatic carbocycles. The van der Waals surface area contributed by atoms with Crippen molar-refractivity contribution in [3.05, 3.63) is 11.8 Å². The number of rotatable bonds is 4. The van der Waals surface area contributed by atoms with Gasteiger partial charge in [-0.05, 0) is 13.0 Å². The van der Waals surface area contributed by atoms with Crippen LogP contribution in [0.2, 0.25) is 0 Å². The smallest absolute Gasteiger partial charge is 0.139 e. The molecule has 0 atom stereocenters. The zero-order valence-electron chi connectivity index (χ0n) is 7.42. The Morgan fingerprint density at radius 1 is 1.45 bits per heavy atom. The van der Waals surface area contributed by atoms with Crippen molar-refractivity contribution < 1.29 is 4.84 Å². The molecule has 11 heavy (non-hydrogen) atoms. The average Bonchev–Trinajstić information content (AvgIpc) is 2.06. The van der Waals surface area contributed by atoms with Crippen molar-refractivity contribution in [1.82, 2.24) is 0 Å². The van der Waals surface area contributed by atoms with E-state index in [0.29, 0.717) is 5.84 Å². The summed E-state index contributed by atoms with van der Waals surface area (Å²) >= 11 is 0. The second-order valence-corrected chi connectivity index (χ2v) is 2.14. The largest absolute Gasteiger partial charge is 0.384 e. The predicted octanol–water partition coefficient (Wildman–Crippen LogP) is 2.00. The van der Waals surface area contributed by atoms with E-state index in [1.807, 2.05) is 26.8 Å². The van der Waals surface area contributed by atoms with Crippen LogP contribution in [-0.2, 0) is 4.84 Å². The second kappa shape index (κ2) is 5.77. The molecule has 0 bridgehead atoms. The van der Waals surface area contributed by atoms with Gasteiger partial charge in [0.05, 0.1) is 0 Å². The van der Waals surface area contributed by atoms with Crippen molar-refractivity contribution in [3.63, 3.8) is 0 Å². The monoisotopic (exact) mass is 156 g/mol. The lowest BCUT2D eigenvalue weighted by Crippen LogP contribution is -2.09. The van der Waals surface area contributed by atoms with E-state index in [1.165, 1.54) is 0 Å². The van der Waals surface area contributed by atoms with Gasteiger partial charge in [-0.15, -0.1) is 0 Å². The number of nitrogens with zero attached hydrogens (tertiary/aromatic N) is 1. The van der Waals surface area contributed by atoms with E-state index in [9.17, 15) is 0 Å². The van der Waals surface area contributed by atoms with Gasteiger partial charge in [-0.25, -0.2) is 0 Å². The predicted molar refractivity (Wildman–Crippen MR) is 47.0 cm³/mol. The van der Waals surface area contributed by atoms with E-state index in [4.69, 9.17) is 10.6 Å². The highest BCUT2D eigenvalue weighted by molar-refractivity contribution is 5.79. The number of amidine groups is 1. The van der Waals surface area contributed by atoms with Gasteiger partial charge in [0.15, 0.2) is 0 Å². The van der Waals surface area contributed by atoms with Gasteiger partial charge in [0, 0.05) is 12.8 Å². The summed E-state index contributed by atoms with van der Waals surface area (Å²) in [7, 11) is 0. The van der Waals surface area contributed by atoms with Crippen LogP contribution in [0.4, 0.5) is 0 Å². The molecule has 3 heteroatoms. The Kier molecular flexibility index (Phi) is 5.25. The second-order valence-electron chi connectivity index (χ2n) is 2.14. The molecule has 0 fully saturated rings. The van der Waals surface area contributed by atoms with E-state index in [0.717, 1.165) is 18.6 Å². The molecule has 0 aromatic heterocycles. The molecule has 0 aromatic rings. The summed E-state index contributed by atoms with van der Waals surface area (Å²) in [5, 5.41) is 3.71. The number of nitrogens with two attached hydrogens (primary N) is 1. The molecule has 0 saturated carbocycles. The molecular formula is C8H16N2O. The van der Waals surface area contributed by atoms with E-state index >= 15 is 0 Å². The Bertz CT molecular complexity index is 161. The summed E-state index contributed by atoms with van der Waals surface area (Å²) in [6.07, 6.45) is 3.45. The molecular weight excluding hydrogens is 140 g/mol. The Hall–Kier alpha value is -0.990. The third-order valence-electron chi connectivity index (χ3n) is 1.31. The zero-order chi connectivity index (χ0) is 8.69. The van der Waals surface area contributed by atoms with Crippen molar-refractivity contribution in [3.8, 4) is 0 Å². The maximum Gasteiger partial charge on any atom is 0.139 e. The lowest BCUT2D eigenvalue weighted by atomic mass is 10.4. The highest BCUT2D eigenvalue weighted by Gasteiger charge is 1.91. The van der Waals surface area contributed by atoms with Gasteiger partial charge in [-0.1, -0.05) is 19.0 Å². The maximum atomic E-state index is 5.43. The minimum atomic E-state index is 0.526. The molecule has 0 amide bonds. The first-order chi connectivity index (χ1) is 5.24. The summed E-state index contributed by atoms with van der Waals surface area (Å²) in [5.41, 5.74) is 5.43. The molecule has 0 unspecified atom stereocenters. The van der Waals surface area contributed by atoms with Gasteiger partial charge in [0.25, 0.3) is 0 Å². The summed E-state index contributed by atoms with van der Waals surface area (Å²) in [5.74, 6) is 1.37. The first kappa shape index (κ1) is 10.0. The Labute approximate surface area is 67.9 Å². The standard InChI is InChI=1S/C8H16N2O/c1-4-7(5-2)11-10-8(9)6-3/h4H,5-6H2,1-3H3,(H2,9,10)/b7-4-. The number of allylic oxidation sites excluding steroid dienone is 2. The van der Waals surface area contributed by atoms with Crippen molar-refractivity contribution in [2.75, 3.05) is 0 Å². The SMILES string of the molecule is C/C=C(/CC)O/N=C(\N)CC. The lowest BCUT2D eigenvalue weighted by molar-refractivity contribution is 0.217. The summed E-state index contributed by atoms with van der Waals surface area (Å²) in [6, 6.07) is 0. The van der Waals surface area contributed by atoms with Crippen LogP contribution in [0.15, 0.2) is 17.0 Å². The van der Waals surface area contributed by atoms with Crippen LogP contribution < -0.4 is 5.73 Å². The first-order valence-corrected chi connectivity index (χ1v) is 3.89. The van der Waals surface area contributed by atoms with E-state index in [1.54, 1.807) is 0 Å². The maximum absolute atomic E-state index is 5.43. The van der Waals surface area contributed by atoms with Crippen LogP contribution in [0.3, 0.4) is 0 Å². The molecule has 0 heterocycles. The topological polar surface area (TPSA) is 47.6 Å². The minimum Gasteiger partial charge on any atom is -0.384 e. The molecule has 0 saturated heterocycles. The molecule has 0 rings (SSSR count). The van der Waals surface area contributed by atoms with Gasteiger partial charge in [0.2, 0.25) is 0 Å². The molecule has 64 valence electrons. The van der Waals surface area contributed by atoms with Gasteiger partial charge in [0.1, 0.15) is 11.6 Å². The minimum absolute atomic E-state index is 0.526. The highest BCUT2D eigenvalue weighted by Crippen LogP contribution is 2.02. The van der Waals surface area contributed by atoms with Gasteiger partial charge < -0.3 is 10.6 Å². The molecule has 2 N–H and O–H groups in total. The molecule has 0 aliphatic carbocycles. The van der Waals surface area contributed by atoms with E-state index < -0.39 is 0 Å². The summed E-state index contributed by atoms with van der Waals surface area (Å²) < 4.78 is 0. The fraction of sp³-hybridized carbons (Fsp3) is 0.625. The van der Waals surface area contributed by atoms with Crippen LogP contribution in [-0.4, -0.2) is 5.84 Å². The quantitative estimate of drug-likeness (QED) is 0.293. The van der Waals surface area contributed by atoms with Gasteiger partial charge in [-0.2, -0.15) is 0 Å². The molecule has 3 nitrogen and oxygen atoms in total. The summed E-state index contributed by atoms with van der Waals surface area (Å²) in [6.45, 7) is 5.85. The van der Waals surface area contributed by atoms with Gasteiger partial charge in [-0.3, -0.25) is 0 Å². The Morgan fingerprint density at radius 3 is 2.45 bits per heavy atom. The fourth-order valence-electron chi connectivity index (χ4n) is 0.503. The Morgan fingerprint density at radius 2 is 2.09 bits per heavy atom. The van der Waals surface area contributed by atoms with Crippen LogP contribution >= 0.6 is 0 Å². The van der Waals surface area contributed by atoms with Gasteiger partial charge >= 0.3 is 0 Å². The third kappa shape index (κ3) is 4.42. The van der Waals surface area contributed by atoms with E-state index in [2.05, 4.69) is 5.16 Å². The molecule has 0 spiro atoms. The lowest BCUT2D eigenvalue weighted by Gasteiger charge is -2.00. The van der Waals surface area contributed by atoms with Crippen LogP contribution in [0.1, 0.15) is 33.6 Å². The molecule has 0 aliphatic rings.